The minimum Gasteiger partial charge on any atom is -0.0810 e. The third kappa shape index (κ3) is 4.13. The van der Waals surface area contributed by atoms with Crippen LogP contribution in [0.25, 0.3) is 0 Å². The van der Waals surface area contributed by atoms with E-state index in [1.807, 2.05) is 0 Å². The minimum atomic E-state index is 0.729. The summed E-state index contributed by atoms with van der Waals surface area (Å²) < 4.78 is 0. The van der Waals surface area contributed by atoms with E-state index in [1.54, 1.807) is 0 Å². The van der Waals surface area contributed by atoms with Gasteiger partial charge >= 0.3 is 0 Å². The van der Waals surface area contributed by atoms with Crippen LogP contribution in [0.5, 0.6) is 0 Å². The van der Waals surface area contributed by atoms with Crippen molar-refractivity contribution in [1.29, 1.82) is 0 Å². The number of hydrogen-bond donors (Lipinski definition) is 0. The molecule has 0 nitrogen and oxygen atoms in total. The molecule has 0 fully saturated rings. The molecule has 1 aliphatic rings. The first kappa shape index (κ1) is 11.6. The number of unbranched alkanes of at least 4 members (excludes halogenated alkanes) is 2. The van der Waals surface area contributed by atoms with Gasteiger partial charge in [0.25, 0.3) is 0 Å². The third-order valence-electron chi connectivity index (χ3n) is 2.99. The van der Waals surface area contributed by atoms with Gasteiger partial charge in [0.05, 0.1) is 0 Å². The molecule has 1 rings (SSSR count). The molecule has 0 saturated heterocycles. The number of rotatable bonds is 6. The van der Waals surface area contributed by atoms with Gasteiger partial charge in [-0.3, -0.25) is 0 Å². The maximum atomic E-state index is 2.41. The first-order chi connectivity index (χ1) is 6.86. The molecule has 0 bridgehead atoms. The summed E-state index contributed by atoms with van der Waals surface area (Å²) >= 11 is 0. The zero-order chi connectivity index (χ0) is 10.2. The fraction of sp³-hybridized carbons (Fsp3) is 0.714. The lowest BCUT2D eigenvalue weighted by atomic mass is 9.90. The molecule has 0 atom stereocenters. The van der Waals surface area contributed by atoms with Crippen molar-refractivity contribution in [2.24, 2.45) is 11.8 Å². The van der Waals surface area contributed by atoms with Crippen molar-refractivity contribution in [2.45, 2.75) is 52.4 Å². The van der Waals surface area contributed by atoms with Gasteiger partial charge in [-0.15, -0.1) is 0 Å². The minimum absolute atomic E-state index is 0.729. The summed E-state index contributed by atoms with van der Waals surface area (Å²) in [5, 5.41) is 0. The van der Waals surface area contributed by atoms with Crippen molar-refractivity contribution >= 4 is 0 Å². The summed E-state index contributed by atoms with van der Waals surface area (Å²) in [6.07, 6.45) is 17.7. The SMILES string of the molecule is CCCCC1C=CC(CCCC)C=C1. The molecule has 1 aliphatic carbocycles. The van der Waals surface area contributed by atoms with Gasteiger partial charge in [-0.25, -0.2) is 0 Å². The molecule has 0 saturated carbocycles. The Hall–Kier alpha value is -0.520. The van der Waals surface area contributed by atoms with Crippen molar-refractivity contribution in [3.8, 4) is 0 Å². The number of hydrogen-bond acceptors (Lipinski definition) is 0. The van der Waals surface area contributed by atoms with Crippen LogP contribution in [-0.4, -0.2) is 0 Å². The van der Waals surface area contributed by atoms with Crippen LogP contribution in [0.1, 0.15) is 52.4 Å². The first-order valence-electron chi connectivity index (χ1n) is 6.23. The molecule has 0 amide bonds. The highest BCUT2D eigenvalue weighted by Gasteiger charge is 2.08. The van der Waals surface area contributed by atoms with E-state index in [-0.39, 0.29) is 0 Å². The summed E-state index contributed by atoms with van der Waals surface area (Å²) in [7, 11) is 0. The van der Waals surface area contributed by atoms with Crippen LogP contribution in [-0.2, 0) is 0 Å². The standard InChI is InChI=1S/C14H24/c1-3-5-7-13-9-11-14(12-10-13)8-6-4-2/h9-14H,3-8H2,1-2H3. The quantitative estimate of drug-likeness (QED) is 0.534. The Morgan fingerprint density at radius 2 is 1.07 bits per heavy atom. The predicted octanol–water partition coefficient (Wildman–Crippen LogP) is 4.73. The van der Waals surface area contributed by atoms with E-state index in [9.17, 15) is 0 Å². The fourth-order valence-corrected chi connectivity index (χ4v) is 1.96. The summed E-state index contributed by atoms with van der Waals surface area (Å²) in [5.74, 6) is 1.46. The summed E-state index contributed by atoms with van der Waals surface area (Å²) in [4.78, 5) is 0. The second-order valence-electron chi connectivity index (χ2n) is 4.38. The molecular formula is C14H24. The van der Waals surface area contributed by atoms with E-state index in [0.717, 1.165) is 11.8 Å². The van der Waals surface area contributed by atoms with Crippen LogP contribution in [0.15, 0.2) is 24.3 Å². The molecule has 80 valence electrons. The Bertz CT molecular complexity index is 154. The maximum absolute atomic E-state index is 2.41. The monoisotopic (exact) mass is 192 g/mol. The smallest absolute Gasteiger partial charge is 0.00531 e. The van der Waals surface area contributed by atoms with Crippen LogP contribution >= 0.6 is 0 Å². The Labute approximate surface area is 89.1 Å². The maximum Gasteiger partial charge on any atom is -0.00531 e. The van der Waals surface area contributed by atoms with Crippen LogP contribution in [0, 0.1) is 11.8 Å². The lowest BCUT2D eigenvalue weighted by Gasteiger charge is -2.16. The molecule has 14 heavy (non-hydrogen) atoms. The van der Waals surface area contributed by atoms with Crippen molar-refractivity contribution in [1.82, 2.24) is 0 Å². The van der Waals surface area contributed by atoms with Crippen molar-refractivity contribution < 1.29 is 0 Å². The molecular weight excluding hydrogens is 168 g/mol. The molecule has 0 N–H and O–H groups in total. The first-order valence-corrected chi connectivity index (χ1v) is 6.23. The normalized spacial score (nSPS) is 25.6. The zero-order valence-corrected chi connectivity index (χ0v) is 9.71. The van der Waals surface area contributed by atoms with E-state index < -0.39 is 0 Å². The Balaban J connectivity index is 2.22. The van der Waals surface area contributed by atoms with Gasteiger partial charge in [0.2, 0.25) is 0 Å². The Morgan fingerprint density at radius 3 is 1.36 bits per heavy atom. The highest BCUT2D eigenvalue weighted by molar-refractivity contribution is 5.13. The van der Waals surface area contributed by atoms with E-state index >= 15 is 0 Å². The third-order valence-corrected chi connectivity index (χ3v) is 2.99. The molecule has 0 aliphatic heterocycles. The molecule has 0 aromatic heterocycles. The largest absolute Gasteiger partial charge is 0.0810 e. The lowest BCUT2D eigenvalue weighted by molar-refractivity contribution is 0.594. The molecule has 0 unspecified atom stereocenters. The summed E-state index contributed by atoms with van der Waals surface area (Å²) in [6, 6.07) is 0. The number of allylic oxidation sites excluding steroid dienone is 4. The Kier molecular flexibility index (Phi) is 5.66. The molecule has 0 radical (unpaired) electrons. The molecule has 0 aromatic carbocycles. The lowest BCUT2D eigenvalue weighted by Crippen LogP contribution is -2.02. The molecule has 0 heteroatoms. The van der Waals surface area contributed by atoms with E-state index in [4.69, 9.17) is 0 Å². The van der Waals surface area contributed by atoms with Crippen LogP contribution in [0.2, 0.25) is 0 Å². The van der Waals surface area contributed by atoms with Crippen LogP contribution in [0.4, 0.5) is 0 Å². The van der Waals surface area contributed by atoms with Crippen LogP contribution in [0.3, 0.4) is 0 Å². The summed E-state index contributed by atoms with van der Waals surface area (Å²) in [6.45, 7) is 4.53. The molecule has 0 heterocycles. The highest BCUT2D eigenvalue weighted by atomic mass is 14.1. The second-order valence-corrected chi connectivity index (χ2v) is 4.38. The van der Waals surface area contributed by atoms with Gasteiger partial charge in [0.1, 0.15) is 0 Å². The van der Waals surface area contributed by atoms with E-state index in [2.05, 4.69) is 38.2 Å². The average molecular weight is 192 g/mol. The zero-order valence-electron chi connectivity index (χ0n) is 9.71. The van der Waals surface area contributed by atoms with Gasteiger partial charge in [0.15, 0.2) is 0 Å². The van der Waals surface area contributed by atoms with Gasteiger partial charge in [-0.05, 0) is 24.7 Å². The van der Waals surface area contributed by atoms with E-state index in [1.165, 1.54) is 38.5 Å². The van der Waals surface area contributed by atoms with Gasteiger partial charge in [-0.1, -0.05) is 63.8 Å². The topological polar surface area (TPSA) is 0 Å². The van der Waals surface area contributed by atoms with Crippen molar-refractivity contribution in [2.75, 3.05) is 0 Å². The van der Waals surface area contributed by atoms with Gasteiger partial charge in [0, 0.05) is 0 Å². The predicted molar refractivity (Wildman–Crippen MR) is 64.3 cm³/mol. The highest BCUT2D eigenvalue weighted by Crippen LogP contribution is 2.22. The average Bonchev–Trinajstić information content (AvgIpc) is 2.25. The van der Waals surface area contributed by atoms with Crippen molar-refractivity contribution in [3.05, 3.63) is 24.3 Å². The molecule has 0 spiro atoms. The van der Waals surface area contributed by atoms with Crippen molar-refractivity contribution in [3.63, 3.8) is 0 Å². The van der Waals surface area contributed by atoms with E-state index in [0.29, 0.717) is 0 Å². The Morgan fingerprint density at radius 1 is 0.714 bits per heavy atom. The van der Waals surface area contributed by atoms with Gasteiger partial charge < -0.3 is 0 Å². The second kappa shape index (κ2) is 6.86. The fourth-order valence-electron chi connectivity index (χ4n) is 1.96. The van der Waals surface area contributed by atoms with Crippen LogP contribution < -0.4 is 0 Å². The molecule has 0 aromatic rings. The van der Waals surface area contributed by atoms with Gasteiger partial charge in [-0.2, -0.15) is 0 Å². The summed E-state index contributed by atoms with van der Waals surface area (Å²) in [5.41, 5.74) is 0.